The summed E-state index contributed by atoms with van der Waals surface area (Å²) in [5.74, 6) is -1.00. The van der Waals surface area contributed by atoms with Gasteiger partial charge in [0.05, 0.1) is 18.5 Å². The average Bonchev–Trinajstić information content (AvgIpc) is 2.54. The molecule has 24 heavy (non-hydrogen) atoms. The van der Waals surface area contributed by atoms with Crippen LogP contribution in [0.5, 0.6) is 0 Å². The molecule has 1 aromatic heterocycles. The maximum absolute atomic E-state index is 12.3. The summed E-state index contributed by atoms with van der Waals surface area (Å²) in [4.78, 5) is 36.5. The van der Waals surface area contributed by atoms with Crippen molar-refractivity contribution in [2.45, 2.75) is 27.3 Å². The van der Waals surface area contributed by atoms with Crippen molar-refractivity contribution in [1.29, 1.82) is 0 Å². The lowest BCUT2D eigenvalue weighted by Gasteiger charge is -2.16. The van der Waals surface area contributed by atoms with Crippen LogP contribution in [0.1, 0.15) is 31.3 Å². The number of ketones is 1. The van der Waals surface area contributed by atoms with Crippen molar-refractivity contribution >= 4 is 22.5 Å². The molecule has 0 saturated heterocycles. The number of benzene rings is 1. The van der Waals surface area contributed by atoms with E-state index in [1.54, 1.807) is 45.0 Å². The van der Waals surface area contributed by atoms with Crippen LogP contribution in [0, 0.1) is 5.41 Å². The summed E-state index contributed by atoms with van der Waals surface area (Å²) in [6.07, 6.45) is 0. The van der Waals surface area contributed by atoms with Gasteiger partial charge in [0.15, 0.2) is 18.1 Å². The highest BCUT2D eigenvalue weighted by molar-refractivity contribution is 6.02. The molecule has 0 aliphatic heterocycles. The number of rotatable bonds is 5. The topological polar surface area (TPSA) is 98.5 Å². The Hall–Kier alpha value is -2.54. The highest BCUT2D eigenvalue weighted by Crippen LogP contribution is 2.17. The number of hydrogen-bond donors (Lipinski definition) is 1. The predicted octanol–water partition coefficient (Wildman–Crippen LogP) is 1.16. The molecule has 0 spiro atoms. The van der Waals surface area contributed by atoms with E-state index >= 15 is 0 Å². The lowest BCUT2D eigenvalue weighted by Crippen LogP contribution is -2.29. The summed E-state index contributed by atoms with van der Waals surface area (Å²) in [6, 6.07) is 6.52. The molecule has 0 atom stereocenters. The molecule has 0 amide bonds. The van der Waals surface area contributed by atoms with Gasteiger partial charge >= 0.3 is 5.97 Å². The van der Waals surface area contributed by atoms with Crippen LogP contribution in [0.4, 0.5) is 0 Å². The second kappa shape index (κ2) is 6.92. The number of Topliss-reactive ketones (excluding diaryl/α,β-unsaturated/α-hetero) is 1. The Kier molecular flexibility index (Phi) is 5.14. The second-order valence-corrected chi connectivity index (χ2v) is 6.40. The van der Waals surface area contributed by atoms with E-state index in [0.717, 1.165) is 4.68 Å². The summed E-state index contributed by atoms with van der Waals surface area (Å²) < 4.78 is 6.09. The van der Waals surface area contributed by atoms with Crippen molar-refractivity contribution in [3.63, 3.8) is 0 Å². The quantitative estimate of drug-likeness (QED) is 0.825. The van der Waals surface area contributed by atoms with Crippen molar-refractivity contribution in [3.8, 4) is 0 Å². The number of carbonyl (C=O) groups excluding carboxylic acids is 2. The first-order valence-electron chi connectivity index (χ1n) is 7.57. The van der Waals surface area contributed by atoms with Crippen LogP contribution in [0.3, 0.4) is 0 Å². The minimum Gasteiger partial charge on any atom is -0.453 e. The van der Waals surface area contributed by atoms with Crippen LogP contribution in [-0.2, 0) is 16.1 Å². The van der Waals surface area contributed by atoms with Crippen molar-refractivity contribution in [3.05, 3.63) is 40.3 Å². The van der Waals surface area contributed by atoms with E-state index < -0.39 is 16.9 Å². The van der Waals surface area contributed by atoms with Crippen LogP contribution < -0.4 is 5.56 Å². The molecular weight excluding hydrogens is 312 g/mol. The molecule has 1 aromatic carbocycles. The molecule has 0 bridgehead atoms. The van der Waals surface area contributed by atoms with Gasteiger partial charge in [-0.3, -0.25) is 9.59 Å². The molecular formula is C17H20N2O5. The van der Waals surface area contributed by atoms with Gasteiger partial charge in [-0.05, 0) is 6.07 Å². The smallest absolute Gasteiger partial charge is 0.359 e. The van der Waals surface area contributed by atoms with Gasteiger partial charge in [0, 0.05) is 10.8 Å². The highest BCUT2D eigenvalue weighted by atomic mass is 16.5. The molecule has 2 rings (SSSR count). The van der Waals surface area contributed by atoms with E-state index in [9.17, 15) is 14.4 Å². The molecule has 2 aromatic rings. The minimum atomic E-state index is -0.782. The molecule has 128 valence electrons. The normalized spacial score (nSPS) is 11.5. The monoisotopic (exact) mass is 332 g/mol. The van der Waals surface area contributed by atoms with E-state index in [1.165, 1.54) is 0 Å². The second-order valence-electron chi connectivity index (χ2n) is 6.40. The Morgan fingerprint density at radius 1 is 1.21 bits per heavy atom. The maximum atomic E-state index is 12.3. The molecule has 0 unspecified atom stereocenters. The summed E-state index contributed by atoms with van der Waals surface area (Å²) in [7, 11) is 0. The molecule has 0 fully saturated rings. The van der Waals surface area contributed by atoms with Gasteiger partial charge in [0.1, 0.15) is 0 Å². The lowest BCUT2D eigenvalue weighted by molar-refractivity contribution is -0.129. The van der Waals surface area contributed by atoms with Gasteiger partial charge in [-0.25, -0.2) is 9.48 Å². The predicted molar refractivity (Wildman–Crippen MR) is 87.8 cm³/mol. The molecule has 0 aliphatic carbocycles. The fraction of sp³-hybridized carbons (Fsp3) is 0.412. The zero-order valence-electron chi connectivity index (χ0n) is 13.9. The first kappa shape index (κ1) is 17.8. The van der Waals surface area contributed by atoms with Gasteiger partial charge in [0.25, 0.3) is 5.56 Å². The largest absolute Gasteiger partial charge is 0.453 e. The van der Waals surface area contributed by atoms with Gasteiger partial charge in [-0.1, -0.05) is 39.0 Å². The van der Waals surface area contributed by atoms with Crippen LogP contribution >= 0.6 is 0 Å². The summed E-state index contributed by atoms with van der Waals surface area (Å²) in [5, 5.41) is 13.7. The average molecular weight is 332 g/mol. The number of aliphatic hydroxyl groups is 1. The molecule has 1 heterocycles. The summed E-state index contributed by atoms with van der Waals surface area (Å²) >= 11 is 0. The van der Waals surface area contributed by atoms with E-state index in [4.69, 9.17) is 9.84 Å². The van der Waals surface area contributed by atoms with Crippen LogP contribution in [-0.4, -0.2) is 39.9 Å². The molecule has 1 N–H and O–H groups in total. The standard InChI is InChI=1S/C17H20N2O5/c1-17(2,3)13(21)10-24-16(23)14-11-6-4-5-7-12(11)15(22)19(18-14)8-9-20/h4-7,20H,8-10H2,1-3H3. The fourth-order valence-corrected chi connectivity index (χ4v) is 2.05. The number of aromatic nitrogens is 2. The van der Waals surface area contributed by atoms with Crippen molar-refractivity contribution in [1.82, 2.24) is 9.78 Å². The first-order chi connectivity index (χ1) is 11.3. The van der Waals surface area contributed by atoms with Crippen LogP contribution in [0.15, 0.2) is 29.1 Å². The highest BCUT2D eigenvalue weighted by Gasteiger charge is 2.24. The molecule has 7 heteroatoms. The third-order valence-electron chi connectivity index (χ3n) is 3.54. The minimum absolute atomic E-state index is 0.0368. The Morgan fingerprint density at radius 3 is 2.42 bits per heavy atom. The van der Waals surface area contributed by atoms with E-state index in [1.807, 2.05) is 0 Å². The SMILES string of the molecule is CC(C)(C)C(=O)COC(=O)c1nn(CCO)c(=O)c2ccccc12. The molecule has 0 aliphatic rings. The van der Waals surface area contributed by atoms with Crippen molar-refractivity contribution in [2.24, 2.45) is 5.41 Å². The van der Waals surface area contributed by atoms with Crippen LogP contribution in [0.2, 0.25) is 0 Å². The van der Waals surface area contributed by atoms with Gasteiger partial charge in [-0.15, -0.1) is 0 Å². The Balaban J connectivity index is 2.40. The van der Waals surface area contributed by atoms with Crippen molar-refractivity contribution in [2.75, 3.05) is 13.2 Å². The summed E-state index contributed by atoms with van der Waals surface area (Å²) in [5.41, 5.74) is -1.08. The van der Waals surface area contributed by atoms with Crippen LogP contribution in [0.25, 0.3) is 10.8 Å². The van der Waals surface area contributed by atoms with E-state index in [2.05, 4.69) is 5.10 Å². The molecule has 7 nitrogen and oxygen atoms in total. The number of carbonyl (C=O) groups is 2. The Morgan fingerprint density at radius 2 is 1.83 bits per heavy atom. The Labute approximate surface area is 138 Å². The van der Waals surface area contributed by atoms with Crippen molar-refractivity contribution < 1.29 is 19.4 Å². The zero-order chi connectivity index (χ0) is 17.9. The third-order valence-corrected chi connectivity index (χ3v) is 3.54. The molecule has 0 saturated carbocycles. The first-order valence-corrected chi connectivity index (χ1v) is 7.57. The number of esters is 1. The third kappa shape index (κ3) is 3.68. The van der Waals surface area contributed by atoms with Gasteiger partial charge in [0.2, 0.25) is 0 Å². The van der Waals surface area contributed by atoms with Gasteiger partial charge < -0.3 is 9.84 Å². The zero-order valence-corrected chi connectivity index (χ0v) is 13.9. The lowest BCUT2D eigenvalue weighted by atomic mass is 9.91. The maximum Gasteiger partial charge on any atom is 0.359 e. The number of ether oxygens (including phenoxy) is 1. The van der Waals surface area contributed by atoms with Gasteiger partial charge in [-0.2, -0.15) is 5.10 Å². The Bertz CT molecular complexity index is 833. The summed E-state index contributed by atoms with van der Waals surface area (Å²) in [6.45, 7) is 4.51. The van der Waals surface area contributed by atoms with E-state index in [0.29, 0.717) is 10.8 Å². The number of fused-ring (bicyclic) bond motifs is 1. The fourth-order valence-electron chi connectivity index (χ4n) is 2.05. The van der Waals surface area contributed by atoms with E-state index in [-0.39, 0.29) is 31.2 Å². The number of nitrogens with zero attached hydrogens (tertiary/aromatic N) is 2. The number of aliphatic hydroxyl groups excluding tert-OH is 1. The number of hydrogen-bond acceptors (Lipinski definition) is 6. The molecule has 0 radical (unpaired) electrons.